The molecule has 1 atom stereocenters. The zero-order chi connectivity index (χ0) is 25.3. The lowest BCUT2D eigenvalue weighted by atomic mass is 10.1. The van der Waals surface area contributed by atoms with E-state index in [0.29, 0.717) is 5.76 Å². The quantitative estimate of drug-likeness (QED) is 0.437. The Bertz CT molecular complexity index is 1270. The number of anilines is 1. The lowest BCUT2D eigenvalue weighted by molar-refractivity contribution is -0.197. The lowest BCUT2D eigenvalue weighted by Gasteiger charge is -2.30. The smallest absolute Gasteiger partial charge is 0.429 e. The van der Waals surface area contributed by atoms with Crippen molar-refractivity contribution in [2.24, 2.45) is 0 Å². The van der Waals surface area contributed by atoms with Gasteiger partial charge in [-0.3, -0.25) is 4.31 Å². The summed E-state index contributed by atoms with van der Waals surface area (Å²) < 4.78 is 80.0. The van der Waals surface area contributed by atoms with E-state index in [2.05, 4.69) is 0 Å². The van der Waals surface area contributed by atoms with Crippen molar-refractivity contribution in [3.05, 3.63) is 77.6 Å². The molecule has 0 radical (unpaired) electrons. The van der Waals surface area contributed by atoms with E-state index < -0.39 is 34.3 Å². The topological polar surface area (TPSA) is 97.0 Å². The normalized spacial score (nSPS) is 13.0. The van der Waals surface area contributed by atoms with Crippen LogP contribution in [0.5, 0.6) is 5.75 Å². The molecular formula is C23H22F3NO6S. The number of aryl methyl sites for hydroxylation is 1. The SMILES string of the molecule is Cc1ccc(S(=O)(=O)N(c2ccccc2OC(c2ccc(C(=O)O)cc2)C(F)(F)F)C(C)C)o1. The molecule has 0 bridgehead atoms. The van der Waals surface area contributed by atoms with Gasteiger partial charge < -0.3 is 14.3 Å². The Morgan fingerprint density at radius 1 is 1.03 bits per heavy atom. The van der Waals surface area contributed by atoms with Crippen molar-refractivity contribution < 1.29 is 40.6 Å². The van der Waals surface area contributed by atoms with Crippen LogP contribution in [-0.2, 0) is 10.0 Å². The van der Waals surface area contributed by atoms with Gasteiger partial charge in [0, 0.05) is 11.6 Å². The lowest BCUT2D eigenvalue weighted by Crippen LogP contribution is -2.37. The number of furan rings is 1. The first-order valence-electron chi connectivity index (χ1n) is 10.1. The molecule has 0 fully saturated rings. The molecule has 0 aliphatic heterocycles. The minimum Gasteiger partial charge on any atom is -0.478 e. The van der Waals surface area contributed by atoms with Crippen LogP contribution in [0.4, 0.5) is 18.9 Å². The number of sulfonamides is 1. The number of carboxylic acids is 1. The Kier molecular flexibility index (Phi) is 6.97. The Morgan fingerprint density at radius 2 is 1.65 bits per heavy atom. The zero-order valence-corrected chi connectivity index (χ0v) is 19.2. The molecule has 7 nitrogen and oxygen atoms in total. The second-order valence-electron chi connectivity index (χ2n) is 7.69. The van der Waals surface area contributed by atoms with E-state index in [1.54, 1.807) is 20.8 Å². The summed E-state index contributed by atoms with van der Waals surface area (Å²) in [5.41, 5.74) is -0.633. The highest BCUT2D eigenvalue weighted by Gasteiger charge is 2.44. The number of rotatable bonds is 8. The number of nitrogens with zero attached hydrogens (tertiary/aromatic N) is 1. The van der Waals surface area contributed by atoms with Gasteiger partial charge in [-0.25, -0.2) is 4.79 Å². The molecule has 1 aromatic heterocycles. The molecule has 0 saturated heterocycles. The minimum absolute atomic E-state index is 0.108. The number of para-hydroxylation sites is 2. The first-order chi connectivity index (χ1) is 15.8. The average molecular weight is 497 g/mol. The van der Waals surface area contributed by atoms with E-state index in [-0.39, 0.29) is 27.7 Å². The maximum atomic E-state index is 14.0. The van der Waals surface area contributed by atoms with Crippen molar-refractivity contribution in [1.82, 2.24) is 0 Å². The fraction of sp³-hybridized carbons (Fsp3) is 0.261. The van der Waals surface area contributed by atoms with E-state index in [0.717, 1.165) is 28.6 Å². The van der Waals surface area contributed by atoms with Gasteiger partial charge in [0.05, 0.1) is 11.3 Å². The highest BCUT2D eigenvalue weighted by Crippen LogP contribution is 2.41. The molecule has 3 aromatic rings. The van der Waals surface area contributed by atoms with Gasteiger partial charge in [-0.15, -0.1) is 0 Å². The van der Waals surface area contributed by atoms with Gasteiger partial charge in [0.1, 0.15) is 11.5 Å². The summed E-state index contributed by atoms with van der Waals surface area (Å²) >= 11 is 0. The molecule has 0 aliphatic rings. The van der Waals surface area contributed by atoms with Crippen LogP contribution in [0.1, 0.15) is 41.6 Å². The Labute approximate surface area is 194 Å². The summed E-state index contributed by atoms with van der Waals surface area (Å²) in [6.45, 7) is 4.70. The number of alkyl halides is 3. The summed E-state index contributed by atoms with van der Waals surface area (Å²) in [4.78, 5) is 11.0. The highest BCUT2D eigenvalue weighted by molar-refractivity contribution is 7.92. The van der Waals surface area contributed by atoms with Gasteiger partial charge in [-0.1, -0.05) is 24.3 Å². The van der Waals surface area contributed by atoms with Gasteiger partial charge in [0.2, 0.25) is 11.2 Å². The highest BCUT2D eigenvalue weighted by atomic mass is 32.2. The molecule has 0 spiro atoms. The van der Waals surface area contributed by atoms with Gasteiger partial charge >= 0.3 is 12.1 Å². The molecule has 0 aliphatic carbocycles. The number of ether oxygens (including phenoxy) is 1. The standard InChI is InChI=1S/C23H22F3NO6S/c1-14(2)27(34(30,31)20-13-8-15(3)32-20)18-6-4-5-7-19(18)33-21(23(24,25)26)16-9-11-17(12-10-16)22(28)29/h4-14,21H,1-3H3,(H,28,29). The second-order valence-corrected chi connectivity index (χ2v) is 9.44. The van der Waals surface area contributed by atoms with Crippen molar-refractivity contribution in [3.8, 4) is 5.75 Å². The van der Waals surface area contributed by atoms with E-state index in [1.165, 1.54) is 36.4 Å². The molecule has 1 N–H and O–H groups in total. The van der Waals surface area contributed by atoms with E-state index in [9.17, 15) is 26.4 Å². The third-order valence-corrected chi connectivity index (χ3v) is 6.67. The Morgan fingerprint density at radius 3 is 2.15 bits per heavy atom. The molecule has 34 heavy (non-hydrogen) atoms. The summed E-state index contributed by atoms with van der Waals surface area (Å²) in [5.74, 6) is -1.26. The van der Waals surface area contributed by atoms with Crippen molar-refractivity contribution in [1.29, 1.82) is 0 Å². The van der Waals surface area contributed by atoms with Gasteiger partial charge in [-0.05, 0) is 57.2 Å². The fourth-order valence-electron chi connectivity index (χ4n) is 3.32. The van der Waals surface area contributed by atoms with Crippen LogP contribution in [0.3, 0.4) is 0 Å². The van der Waals surface area contributed by atoms with Crippen molar-refractivity contribution in [2.75, 3.05) is 4.31 Å². The summed E-state index contributed by atoms with van der Waals surface area (Å²) in [6, 6.07) is 11.6. The maximum Gasteiger partial charge on any atom is 0.429 e. The largest absolute Gasteiger partial charge is 0.478 e. The van der Waals surface area contributed by atoms with Crippen molar-refractivity contribution >= 4 is 21.7 Å². The number of halogens is 3. The van der Waals surface area contributed by atoms with Crippen LogP contribution in [-0.4, -0.2) is 31.7 Å². The molecule has 0 amide bonds. The first kappa shape index (κ1) is 25.2. The number of benzene rings is 2. The molecule has 3 rings (SSSR count). The maximum absolute atomic E-state index is 14.0. The van der Waals surface area contributed by atoms with Crippen molar-refractivity contribution in [2.45, 2.75) is 44.2 Å². The van der Waals surface area contributed by atoms with Gasteiger partial charge in [0.15, 0.2) is 0 Å². The minimum atomic E-state index is -4.88. The summed E-state index contributed by atoms with van der Waals surface area (Å²) in [6.07, 6.45) is -7.35. The van der Waals surface area contributed by atoms with Crippen LogP contribution in [0.25, 0.3) is 0 Å². The van der Waals surface area contributed by atoms with E-state index in [1.807, 2.05) is 0 Å². The summed E-state index contributed by atoms with van der Waals surface area (Å²) in [5, 5.41) is 8.65. The molecular weight excluding hydrogens is 475 g/mol. The first-order valence-corrected chi connectivity index (χ1v) is 11.5. The fourth-order valence-corrected chi connectivity index (χ4v) is 4.96. The zero-order valence-electron chi connectivity index (χ0n) is 18.4. The predicted octanol–water partition coefficient (Wildman–Crippen LogP) is 5.57. The number of aromatic carboxylic acids is 1. The van der Waals surface area contributed by atoms with Gasteiger partial charge in [-0.2, -0.15) is 21.6 Å². The van der Waals surface area contributed by atoms with Crippen LogP contribution in [0.15, 0.2) is 70.2 Å². The third kappa shape index (κ3) is 5.19. The summed E-state index contributed by atoms with van der Waals surface area (Å²) in [7, 11) is -4.27. The average Bonchev–Trinajstić information content (AvgIpc) is 3.19. The predicted molar refractivity (Wildman–Crippen MR) is 118 cm³/mol. The molecule has 11 heteroatoms. The number of carboxylic acid groups (broad SMARTS) is 1. The molecule has 1 heterocycles. The van der Waals surface area contributed by atoms with E-state index >= 15 is 0 Å². The number of hydrogen-bond donors (Lipinski definition) is 1. The van der Waals surface area contributed by atoms with Gasteiger partial charge in [0.25, 0.3) is 10.0 Å². The van der Waals surface area contributed by atoms with Crippen LogP contribution in [0, 0.1) is 6.92 Å². The van der Waals surface area contributed by atoms with Crippen LogP contribution < -0.4 is 9.04 Å². The van der Waals surface area contributed by atoms with Crippen LogP contribution >= 0.6 is 0 Å². The Balaban J connectivity index is 2.08. The monoisotopic (exact) mass is 497 g/mol. The third-order valence-electron chi connectivity index (χ3n) is 4.80. The molecule has 0 saturated carbocycles. The van der Waals surface area contributed by atoms with E-state index in [4.69, 9.17) is 14.3 Å². The number of carbonyl (C=O) groups is 1. The second kappa shape index (κ2) is 9.41. The molecule has 2 aromatic carbocycles. The molecule has 182 valence electrons. The number of hydrogen-bond acceptors (Lipinski definition) is 5. The van der Waals surface area contributed by atoms with Crippen molar-refractivity contribution in [3.63, 3.8) is 0 Å². The Hall–Kier alpha value is -3.47. The van der Waals surface area contributed by atoms with Crippen LogP contribution in [0.2, 0.25) is 0 Å². The molecule has 1 unspecified atom stereocenters.